The first kappa shape index (κ1) is 16.0. The first-order chi connectivity index (χ1) is 7.39. The standard InChI is InChI=1S/C11H23Cl2N2O/c1-5-7-8-9-15(4,6-2)14(3)11(16)10(12)13/h10H,5-9H2,1-4H3/q+1. The van der Waals surface area contributed by atoms with Crippen LogP contribution in [0.2, 0.25) is 0 Å². The van der Waals surface area contributed by atoms with Crippen LogP contribution in [0, 0.1) is 0 Å². The minimum Gasteiger partial charge on any atom is -0.267 e. The monoisotopic (exact) mass is 269 g/mol. The molecular formula is C11H23Cl2N2O+. The summed E-state index contributed by atoms with van der Waals surface area (Å²) >= 11 is 11.2. The van der Waals surface area contributed by atoms with Gasteiger partial charge in [0.25, 0.3) is 0 Å². The number of halogens is 2. The third-order valence-electron chi connectivity index (χ3n) is 3.15. The molecule has 96 valence electrons. The van der Waals surface area contributed by atoms with E-state index in [0.29, 0.717) is 4.59 Å². The first-order valence-corrected chi connectivity index (χ1v) is 6.67. The molecule has 0 fully saturated rings. The van der Waals surface area contributed by atoms with Gasteiger partial charge in [-0.25, -0.2) is 4.59 Å². The fourth-order valence-electron chi connectivity index (χ4n) is 1.60. The number of carbonyl (C=O) groups excluding carboxylic acids is 1. The van der Waals surface area contributed by atoms with Crippen molar-refractivity contribution in [2.24, 2.45) is 0 Å². The van der Waals surface area contributed by atoms with Crippen LogP contribution < -0.4 is 0 Å². The number of rotatable bonds is 7. The van der Waals surface area contributed by atoms with E-state index in [1.54, 1.807) is 12.1 Å². The number of alkyl halides is 2. The Hall–Kier alpha value is 0.01000. The zero-order valence-corrected chi connectivity index (χ0v) is 12.2. The second-order valence-corrected chi connectivity index (χ2v) is 5.34. The molecule has 0 aliphatic carbocycles. The van der Waals surface area contributed by atoms with E-state index in [0.717, 1.165) is 19.5 Å². The van der Waals surface area contributed by atoms with Gasteiger partial charge in [0, 0.05) is 0 Å². The molecule has 5 heteroatoms. The van der Waals surface area contributed by atoms with Gasteiger partial charge in [0.2, 0.25) is 0 Å². The molecule has 0 aromatic rings. The summed E-state index contributed by atoms with van der Waals surface area (Å²) in [5, 5.41) is 1.64. The average molecular weight is 270 g/mol. The fourth-order valence-corrected chi connectivity index (χ4v) is 1.88. The van der Waals surface area contributed by atoms with Gasteiger partial charge in [-0.3, -0.25) is 4.79 Å². The smallest absolute Gasteiger partial charge is 0.267 e. The van der Waals surface area contributed by atoms with Crippen molar-refractivity contribution < 1.29 is 9.39 Å². The summed E-state index contributed by atoms with van der Waals surface area (Å²) in [7, 11) is 3.79. The molecule has 0 bridgehead atoms. The van der Waals surface area contributed by atoms with E-state index in [1.807, 2.05) is 7.05 Å². The van der Waals surface area contributed by atoms with Crippen LogP contribution in [0.3, 0.4) is 0 Å². The number of quaternary nitrogens is 1. The van der Waals surface area contributed by atoms with Gasteiger partial charge in [-0.1, -0.05) is 36.5 Å². The highest BCUT2D eigenvalue weighted by Crippen LogP contribution is 2.15. The van der Waals surface area contributed by atoms with Crippen molar-refractivity contribution in [1.29, 1.82) is 0 Å². The molecule has 0 saturated carbocycles. The molecule has 0 aromatic carbocycles. The van der Waals surface area contributed by atoms with E-state index < -0.39 is 4.84 Å². The van der Waals surface area contributed by atoms with E-state index in [4.69, 9.17) is 23.2 Å². The van der Waals surface area contributed by atoms with Gasteiger partial charge in [0.05, 0.1) is 20.6 Å². The summed E-state index contributed by atoms with van der Waals surface area (Å²) in [6.07, 6.45) is 3.46. The summed E-state index contributed by atoms with van der Waals surface area (Å²) < 4.78 is 0.564. The molecule has 0 aromatic heterocycles. The Morgan fingerprint density at radius 3 is 2.25 bits per heavy atom. The van der Waals surface area contributed by atoms with Crippen LogP contribution in [0.4, 0.5) is 0 Å². The van der Waals surface area contributed by atoms with Crippen molar-refractivity contribution in [2.45, 2.75) is 37.9 Å². The summed E-state index contributed by atoms with van der Waals surface area (Å²) in [5.74, 6) is -0.232. The lowest BCUT2D eigenvalue weighted by molar-refractivity contribution is -1.00. The molecule has 0 heterocycles. The molecule has 1 unspecified atom stereocenters. The van der Waals surface area contributed by atoms with Gasteiger partial charge in [-0.2, -0.15) is 5.01 Å². The largest absolute Gasteiger partial charge is 0.300 e. The lowest BCUT2D eigenvalue weighted by Crippen LogP contribution is -2.59. The Morgan fingerprint density at radius 1 is 1.31 bits per heavy atom. The van der Waals surface area contributed by atoms with Crippen molar-refractivity contribution in [3.05, 3.63) is 0 Å². The zero-order chi connectivity index (χ0) is 12.8. The lowest BCUT2D eigenvalue weighted by atomic mass is 10.2. The highest BCUT2D eigenvalue weighted by molar-refractivity contribution is 6.53. The second kappa shape index (κ2) is 7.36. The SMILES string of the molecule is CCCCC[N+](C)(CC)N(C)C(=O)C(Cl)Cl. The maximum absolute atomic E-state index is 11.7. The molecular weight excluding hydrogens is 247 g/mol. The van der Waals surface area contributed by atoms with Gasteiger partial charge < -0.3 is 0 Å². The van der Waals surface area contributed by atoms with Crippen LogP contribution in [0.1, 0.15) is 33.1 Å². The highest BCUT2D eigenvalue weighted by Gasteiger charge is 2.32. The predicted molar refractivity (Wildman–Crippen MR) is 69.4 cm³/mol. The van der Waals surface area contributed by atoms with Crippen molar-refractivity contribution in [2.75, 3.05) is 27.2 Å². The van der Waals surface area contributed by atoms with Crippen LogP contribution >= 0.6 is 23.2 Å². The maximum Gasteiger partial charge on any atom is 0.300 e. The predicted octanol–water partition coefficient (Wildman–Crippen LogP) is 2.82. The minimum absolute atomic E-state index is 0.232. The van der Waals surface area contributed by atoms with Crippen LogP contribution in [0.25, 0.3) is 0 Å². The zero-order valence-electron chi connectivity index (χ0n) is 10.7. The van der Waals surface area contributed by atoms with E-state index in [9.17, 15) is 4.79 Å². The van der Waals surface area contributed by atoms with Crippen molar-refractivity contribution in [3.63, 3.8) is 0 Å². The minimum atomic E-state index is -0.972. The summed E-state index contributed by atoms with van der Waals surface area (Å²) in [6.45, 7) is 6.02. The van der Waals surface area contributed by atoms with Gasteiger partial charge in [-0.15, -0.1) is 0 Å². The van der Waals surface area contributed by atoms with Crippen LogP contribution in [0.5, 0.6) is 0 Å². The Labute approximate surface area is 109 Å². The highest BCUT2D eigenvalue weighted by atomic mass is 35.5. The number of hydrogen-bond acceptors (Lipinski definition) is 1. The van der Waals surface area contributed by atoms with Crippen LogP contribution in [-0.2, 0) is 4.79 Å². The quantitative estimate of drug-likeness (QED) is 0.301. The fraction of sp³-hybridized carbons (Fsp3) is 0.909. The van der Waals surface area contributed by atoms with Gasteiger partial charge in [0.15, 0.2) is 4.84 Å². The molecule has 0 N–H and O–H groups in total. The van der Waals surface area contributed by atoms with Crippen LogP contribution in [0.15, 0.2) is 0 Å². The molecule has 1 atom stereocenters. The van der Waals surface area contributed by atoms with Gasteiger partial charge in [-0.05, 0) is 19.8 Å². The average Bonchev–Trinajstić information content (AvgIpc) is 2.27. The second-order valence-electron chi connectivity index (χ2n) is 4.25. The summed E-state index contributed by atoms with van der Waals surface area (Å²) in [4.78, 5) is 10.8. The topological polar surface area (TPSA) is 20.3 Å². The number of carbonyl (C=O) groups is 1. The Kier molecular flexibility index (Phi) is 7.36. The lowest BCUT2D eigenvalue weighted by Gasteiger charge is -2.40. The molecule has 3 nitrogen and oxygen atoms in total. The van der Waals surface area contributed by atoms with Crippen molar-refractivity contribution in [1.82, 2.24) is 5.01 Å². The Morgan fingerprint density at radius 2 is 1.88 bits per heavy atom. The number of hydrogen-bond donors (Lipinski definition) is 0. The van der Waals surface area contributed by atoms with Crippen molar-refractivity contribution >= 4 is 29.1 Å². The summed E-state index contributed by atoms with van der Waals surface area (Å²) in [5.41, 5.74) is 0. The summed E-state index contributed by atoms with van der Waals surface area (Å²) in [6, 6.07) is 0. The normalized spacial score (nSPS) is 14.9. The van der Waals surface area contributed by atoms with E-state index >= 15 is 0 Å². The van der Waals surface area contributed by atoms with Crippen molar-refractivity contribution in [3.8, 4) is 0 Å². The number of nitrogens with zero attached hydrogens (tertiary/aromatic N) is 2. The van der Waals surface area contributed by atoms with Gasteiger partial charge >= 0.3 is 5.91 Å². The molecule has 0 saturated heterocycles. The molecule has 0 aliphatic rings. The Balaban J connectivity index is 4.48. The first-order valence-electron chi connectivity index (χ1n) is 5.79. The number of amides is 1. The molecule has 1 amide bonds. The third-order valence-corrected chi connectivity index (χ3v) is 3.53. The third kappa shape index (κ3) is 4.48. The molecule has 0 radical (unpaired) electrons. The van der Waals surface area contributed by atoms with Gasteiger partial charge in [0.1, 0.15) is 6.54 Å². The maximum atomic E-state index is 11.7. The van der Waals surface area contributed by atoms with E-state index in [2.05, 4.69) is 13.8 Å². The van der Waals surface area contributed by atoms with E-state index in [-0.39, 0.29) is 5.91 Å². The van der Waals surface area contributed by atoms with Crippen LogP contribution in [-0.4, -0.2) is 47.5 Å². The molecule has 0 rings (SSSR count). The molecule has 0 aliphatic heterocycles. The molecule has 0 spiro atoms. The number of unbranched alkanes of at least 4 members (excludes halogenated alkanes) is 2. The Bertz CT molecular complexity index is 224. The van der Waals surface area contributed by atoms with E-state index in [1.165, 1.54) is 12.8 Å². The molecule has 16 heavy (non-hydrogen) atoms.